The van der Waals surface area contributed by atoms with Gasteiger partial charge in [0.25, 0.3) is 0 Å². The number of aromatic nitrogens is 3. The molecule has 0 atom stereocenters. The van der Waals surface area contributed by atoms with Crippen molar-refractivity contribution in [3.63, 3.8) is 0 Å². The highest BCUT2D eigenvalue weighted by atomic mass is 79.9. The molecule has 0 spiro atoms. The fourth-order valence-electron chi connectivity index (χ4n) is 1.89. The molecule has 2 rings (SSSR count). The average molecular weight is 342 g/mol. The third kappa shape index (κ3) is 3.16. The van der Waals surface area contributed by atoms with Crippen LogP contribution in [0.15, 0.2) is 28.1 Å². The van der Waals surface area contributed by atoms with E-state index in [1.165, 1.54) is 0 Å². The molecule has 0 unspecified atom stereocenters. The van der Waals surface area contributed by atoms with Crippen LogP contribution in [0.25, 0.3) is 5.69 Å². The summed E-state index contributed by atoms with van der Waals surface area (Å²) in [5.74, 6) is -0.906. The number of carboxylic acid groups (broad SMARTS) is 1. The molecule has 2 aromatic rings. The summed E-state index contributed by atoms with van der Waals surface area (Å²) >= 11 is 4.61. The van der Waals surface area contributed by atoms with Gasteiger partial charge in [-0.15, -0.1) is 10.2 Å². The Morgan fingerprint density at radius 3 is 2.63 bits per heavy atom. The summed E-state index contributed by atoms with van der Waals surface area (Å²) in [6.07, 6.45) is 1.60. The third-order valence-corrected chi connectivity index (χ3v) is 3.92. The van der Waals surface area contributed by atoms with E-state index in [2.05, 4.69) is 26.1 Å². The Kier molecular flexibility index (Phi) is 4.26. The first-order chi connectivity index (χ1) is 8.99. The van der Waals surface area contributed by atoms with Crippen molar-refractivity contribution < 1.29 is 9.90 Å². The first-order valence-electron chi connectivity index (χ1n) is 5.50. The number of carboxylic acids is 1. The Bertz CT molecular complexity index is 604. The minimum Gasteiger partial charge on any atom is -0.481 e. The maximum Gasteiger partial charge on any atom is 0.313 e. The zero-order valence-corrected chi connectivity index (χ0v) is 12.8. The minimum atomic E-state index is -0.871. The van der Waals surface area contributed by atoms with Gasteiger partial charge in [0.2, 0.25) is 0 Å². The largest absolute Gasteiger partial charge is 0.481 e. The molecule has 19 heavy (non-hydrogen) atoms. The zero-order chi connectivity index (χ0) is 14.0. The Balaban J connectivity index is 2.43. The molecule has 0 aliphatic rings. The number of rotatable bonds is 4. The highest BCUT2D eigenvalue weighted by molar-refractivity contribution is 9.10. The first kappa shape index (κ1) is 14.1. The van der Waals surface area contributed by atoms with Crippen LogP contribution in [0.3, 0.4) is 0 Å². The highest BCUT2D eigenvalue weighted by Gasteiger charge is 2.13. The van der Waals surface area contributed by atoms with Crippen LogP contribution in [0.4, 0.5) is 0 Å². The zero-order valence-electron chi connectivity index (χ0n) is 10.4. The standard InChI is InChI=1S/C12H12BrN3O2S/c1-7-3-9(13)4-8(2)11(7)16-6-14-15-12(16)19-5-10(17)18/h3-4,6H,5H2,1-2H3,(H,17,18). The topological polar surface area (TPSA) is 68.0 Å². The summed E-state index contributed by atoms with van der Waals surface area (Å²) in [6, 6.07) is 4.02. The van der Waals surface area contributed by atoms with E-state index in [4.69, 9.17) is 5.11 Å². The van der Waals surface area contributed by atoms with Gasteiger partial charge in [-0.05, 0) is 37.1 Å². The average Bonchev–Trinajstić information content (AvgIpc) is 2.73. The van der Waals surface area contributed by atoms with Crippen LogP contribution in [0.2, 0.25) is 0 Å². The van der Waals surface area contributed by atoms with Gasteiger partial charge >= 0.3 is 5.97 Å². The molecule has 1 aromatic carbocycles. The molecule has 7 heteroatoms. The lowest BCUT2D eigenvalue weighted by molar-refractivity contribution is -0.133. The molecule has 1 N–H and O–H groups in total. The normalized spacial score (nSPS) is 10.7. The number of carbonyl (C=O) groups is 1. The summed E-state index contributed by atoms with van der Waals surface area (Å²) in [7, 11) is 0. The fourth-order valence-corrected chi connectivity index (χ4v) is 3.21. The smallest absolute Gasteiger partial charge is 0.313 e. The van der Waals surface area contributed by atoms with Gasteiger partial charge < -0.3 is 5.11 Å². The van der Waals surface area contributed by atoms with Crippen molar-refractivity contribution in [2.75, 3.05) is 5.75 Å². The quantitative estimate of drug-likeness (QED) is 0.866. The summed E-state index contributed by atoms with van der Waals surface area (Å²) in [5, 5.41) is 17.2. The van der Waals surface area contributed by atoms with Crippen LogP contribution in [-0.2, 0) is 4.79 Å². The van der Waals surface area contributed by atoms with E-state index in [1.807, 2.05) is 30.5 Å². The second-order valence-electron chi connectivity index (χ2n) is 4.05. The molecule has 1 heterocycles. The van der Waals surface area contributed by atoms with Gasteiger partial charge in [-0.25, -0.2) is 0 Å². The molecule has 1 aromatic heterocycles. The van der Waals surface area contributed by atoms with E-state index < -0.39 is 5.97 Å². The van der Waals surface area contributed by atoms with Gasteiger partial charge in [0.05, 0.1) is 11.4 Å². The molecule has 0 saturated heterocycles. The van der Waals surface area contributed by atoms with Gasteiger partial charge in [0.15, 0.2) is 5.16 Å². The second kappa shape index (κ2) is 5.75. The SMILES string of the molecule is Cc1cc(Br)cc(C)c1-n1cnnc1SCC(=O)O. The van der Waals surface area contributed by atoms with Crippen LogP contribution in [0.1, 0.15) is 11.1 Å². The van der Waals surface area contributed by atoms with E-state index in [0.29, 0.717) is 5.16 Å². The van der Waals surface area contributed by atoms with Gasteiger partial charge in [0.1, 0.15) is 6.33 Å². The lowest BCUT2D eigenvalue weighted by atomic mass is 10.1. The molecule has 0 saturated carbocycles. The second-order valence-corrected chi connectivity index (χ2v) is 5.91. The molecule has 0 aliphatic heterocycles. The number of hydrogen-bond acceptors (Lipinski definition) is 4. The highest BCUT2D eigenvalue weighted by Crippen LogP contribution is 2.27. The summed E-state index contributed by atoms with van der Waals surface area (Å²) in [4.78, 5) is 10.6. The van der Waals surface area contributed by atoms with Gasteiger partial charge in [0, 0.05) is 4.47 Å². The Morgan fingerprint density at radius 1 is 1.42 bits per heavy atom. The van der Waals surface area contributed by atoms with E-state index in [9.17, 15) is 4.79 Å². The van der Waals surface area contributed by atoms with E-state index in [-0.39, 0.29) is 5.75 Å². The molecule has 0 bridgehead atoms. The third-order valence-electron chi connectivity index (χ3n) is 2.54. The Hall–Kier alpha value is -1.34. The minimum absolute atomic E-state index is 0.0344. The summed E-state index contributed by atoms with van der Waals surface area (Å²) in [5.41, 5.74) is 3.13. The molecule has 0 radical (unpaired) electrons. The molecular formula is C12H12BrN3O2S. The van der Waals surface area contributed by atoms with Crippen LogP contribution < -0.4 is 0 Å². The number of hydrogen-bond donors (Lipinski definition) is 1. The number of thioether (sulfide) groups is 1. The van der Waals surface area contributed by atoms with E-state index in [1.54, 1.807) is 6.33 Å². The summed E-state index contributed by atoms with van der Waals surface area (Å²) in [6.45, 7) is 4.00. The van der Waals surface area contributed by atoms with Crippen LogP contribution in [0, 0.1) is 13.8 Å². The van der Waals surface area contributed by atoms with E-state index in [0.717, 1.165) is 33.0 Å². The number of nitrogens with zero attached hydrogens (tertiary/aromatic N) is 3. The molecule has 0 aliphatic carbocycles. The Labute approximate surface area is 123 Å². The molecule has 5 nitrogen and oxygen atoms in total. The summed E-state index contributed by atoms with van der Waals surface area (Å²) < 4.78 is 2.84. The first-order valence-corrected chi connectivity index (χ1v) is 7.28. The Morgan fingerprint density at radius 2 is 2.05 bits per heavy atom. The van der Waals surface area contributed by atoms with Crippen molar-refractivity contribution in [3.05, 3.63) is 34.1 Å². The van der Waals surface area contributed by atoms with Gasteiger partial charge in [-0.1, -0.05) is 27.7 Å². The lowest BCUT2D eigenvalue weighted by Crippen LogP contribution is -2.04. The molecule has 100 valence electrons. The van der Waals surface area contributed by atoms with Crippen molar-refractivity contribution in [1.82, 2.24) is 14.8 Å². The van der Waals surface area contributed by atoms with Crippen molar-refractivity contribution in [3.8, 4) is 5.69 Å². The number of benzene rings is 1. The predicted molar refractivity (Wildman–Crippen MR) is 76.9 cm³/mol. The van der Waals surface area contributed by atoms with Crippen molar-refractivity contribution >= 4 is 33.7 Å². The van der Waals surface area contributed by atoms with Gasteiger partial charge in [-0.3, -0.25) is 9.36 Å². The number of aryl methyl sites for hydroxylation is 2. The number of aliphatic carboxylic acids is 1. The number of halogens is 1. The van der Waals surface area contributed by atoms with Crippen LogP contribution in [-0.4, -0.2) is 31.6 Å². The maximum atomic E-state index is 10.6. The predicted octanol–water partition coefficient (Wildman–Crippen LogP) is 2.82. The molecular weight excluding hydrogens is 330 g/mol. The van der Waals surface area contributed by atoms with Gasteiger partial charge in [-0.2, -0.15) is 0 Å². The van der Waals surface area contributed by atoms with E-state index >= 15 is 0 Å². The van der Waals surface area contributed by atoms with Crippen molar-refractivity contribution in [2.45, 2.75) is 19.0 Å². The lowest BCUT2D eigenvalue weighted by Gasteiger charge is -2.12. The van der Waals surface area contributed by atoms with Crippen molar-refractivity contribution in [1.29, 1.82) is 0 Å². The van der Waals surface area contributed by atoms with Crippen LogP contribution >= 0.6 is 27.7 Å². The fraction of sp³-hybridized carbons (Fsp3) is 0.250. The monoisotopic (exact) mass is 341 g/mol. The molecule has 0 amide bonds. The molecule has 0 fully saturated rings. The maximum absolute atomic E-state index is 10.6. The van der Waals surface area contributed by atoms with Crippen molar-refractivity contribution in [2.24, 2.45) is 0 Å². The van der Waals surface area contributed by atoms with Crippen LogP contribution in [0.5, 0.6) is 0 Å².